The summed E-state index contributed by atoms with van der Waals surface area (Å²) in [6.07, 6.45) is 3.73. The molecule has 3 rings (SSSR count). The molecule has 1 unspecified atom stereocenters. The van der Waals surface area contributed by atoms with Crippen molar-refractivity contribution in [2.75, 3.05) is 19.4 Å². The van der Waals surface area contributed by atoms with Crippen molar-refractivity contribution < 1.29 is 22.6 Å². The Labute approximate surface area is 160 Å². The van der Waals surface area contributed by atoms with Gasteiger partial charge in [-0.3, -0.25) is 4.72 Å². The number of aromatic nitrogens is 1. The fourth-order valence-corrected chi connectivity index (χ4v) is 2.67. The van der Waals surface area contributed by atoms with Crippen LogP contribution in [0.4, 0.5) is 13.2 Å². The molecule has 1 aliphatic heterocycles. The molecule has 0 saturated carbocycles. The van der Waals surface area contributed by atoms with E-state index in [0.29, 0.717) is 12.5 Å². The van der Waals surface area contributed by atoms with Crippen molar-refractivity contribution in [2.24, 2.45) is 0 Å². The number of fused-ring (bicyclic) bond motifs is 1. The van der Waals surface area contributed by atoms with Crippen LogP contribution in [-0.2, 0) is 13.1 Å². The maximum absolute atomic E-state index is 9.67. The number of ether oxygens (including phenoxy) is 2. The van der Waals surface area contributed by atoms with Crippen molar-refractivity contribution in [1.29, 1.82) is 0 Å². The average Bonchev–Trinajstić information content (AvgIpc) is 2.67. The Morgan fingerprint density at radius 3 is 2.48 bits per heavy atom. The van der Waals surface area contributed by atoms with E-state index in [-0.39, 0.29) is 6.10 Å². The first kappa shape index (κ1) is 21.3. The first-order valence-corrected chi connectivity index (χ1v) is 9.52. The summed E-state index contributed by atoms with van der Waals surface area (Å²) in [5.74, 6) is 1.30. The van der Waals surface area contributed by atoms with E-state index < -0.39 is 6.68 Å². The third kappa shape index (κ3) is 8.06. The fraction of sp³-hybridized carbons (Fsp3) is 0.389. The smallest absolute Gasteiger partial charge is 0.379 e. The minimum absolute atomic E-state index is 0.0116. The van der Waals surface area contributed by atoms with Crippen molar-refractivity contribution >= 4 is 11.9 Å². The molecule has 1 aromatic carbocycles. The molecular formula is C18H22F3N3O2S. The van der Waals surface area contributed by atoms with E-state index in [1.54, 1.807) is 18.1 Å². The van der Waals surface area contributed by atoms with Gasteiger partial charge in [0.1, 0.15) is 12.7 Å². The van der Waals surface area contributed by atoms with Crippen LogP contribution in [0, 0.1) is 0 Å². The second-order valence-corrected chi connectivity index (χ2v) is 6.27. The van der Waals surface area contributed by atoms with Gasteiger partial charge in [-0.05, 0) is 29.5 Å². The summed E-state index contributed by atoms with van der Waals surface area (Å²) in [4.78, 5) is 4.19. The number of nitrogens with zero attached hydrogens (tertiary/aromatic N) is 1. The molecule has 1 aromatic heterocycles. The second-order valence-electron chi connectivity index (χ2n) is 5.58. The molecule has 1 aliphatic rings. The molecule has 2 aromatic rings. The van der Waals surface area contributed by atoms with Gasteiger partial charge in [-0.1, -0.05) is 36.2 Å². The van der Waals surface area contributed by atoms with Crippen molar-refractivity contribution in [3.8, 4) is 11.6 Å². The van der Waals surface area contributed by atoms with E-state index in [1.165, 1.54) is 11.1 Å². The summed E-state index contributed by atoms with van der Waals surface area (Å²) < 4.78 is 43.7. The van der Waals surface area contributed by atoms with E-state index in [9.17, 15) is 13.2 Å². The molecule has 148 valence electrons. The topological polar surface area (TPSA) is 55.4 Å². The minimum Gasteiger partial charge on any atom is -0.484 e. The molecule has 9 heteroatoms. The maximum atomic E-state index is 9.67. The van der Waals surface area contributed by atoms with E-state index in [0.717, 1.165) is 25.4 Å². The highest BCUT2D eigenvalue weighted by Crippen LogP contribution is 2.27. The van der Waals surface area contributed by atoms with Gasteiger partial charge >= 0.3 is 6.68 Å². The van der Waals surface area contributed by atoms with Crippen LogP contribution in [-0.4, -0.2) is 37.2 Å². The monoisotopic (exact) mass is 401 g/mol. The Balaban J connectivity index is 0.000000596. The molecule has 0 saturated heterocycles. The van der Waals surface area contributed by atoms with E-state index >= 15 is 0 Å². The zero-order valence-electron chi connectivity index (χ0n) is 14.8. The number of hydrogen-bond donors (Lipinski definition) is 2. The van der Waals surface area contributed by atoms with Crippen LogP contribution in [0.1, 0.15) is 11.1 Å². The first-order chi connectivity index (χ1) is 13.1. The molecule has 1 atom stereocenters. The van der Waals surface area contributed by atoms with Crippen LogP contribution in [0.5, 0.6) is 11.6 Å². The molecule has 0 bridgehead atoms. The summed E-state index contributed by atoms with van der Waals surface area (Å²) in [6, 6.07) is 12.3. The Hall–Kier alpha value is -1.97. The predicted octanol–water partition coefficient (Wildman–Crippen LogP) is 3.56. The van der Waals surface area contributed by atoms with Crippen LogP contribution in [0.15, 0.2) is 42.6 Å². The molecule has 0 amide bonds. The fourth-order valence-electron chi connectivity index (χ4n) is 2.36. The Morgan fingerprint density at radius 2 is 1.81 bits per heavy atom. The SMILES string of the molecule is CSNCc1ccc(CNCC2COc3cccnc3O2)cc1.FC(F)F. The van der Waals surface area contributed by atoms with E-state index in [4.69, 9.17) is 9.47 Å². The van der Waals surface area contributed by atoms with Gasteiger partial charge in [-0.2, -0.15) is 13.2 Å². The minimum atomic E-state index is -3.67. The third-order valence-corrected chi connectivity index (χ3v) is 4.02. The number of nitrogens with one attached hydrogen (secondary N) is 2. The third-order valence-electron chi connectivity index (χ3n) is 3.58. The largest absolute Gasteiger partial charge is 0.484 e. The van der Waals surface area contributed by atoms with Gasteiger partial charge in [-0.25, -0.2) is 4.98 Å². The molecule has 5 nitrogen and oxygen atoms in total. The quantitative estimate of drug-likeness (QED) is 0.692. The Bertz CT molecular complexity index is 674. The first-order valence-electron chi connectivity index (χ1n) is 8.29. The molecule has 0 fully saturated rings. The van der Waals surface area contributed by atoms with Gasteiger partial charge in [0.25, 0.3) is 5.88 Å². The van der Waals surface area contributed by atoms with Gasteiger partial charge < -0.3 is 14.8 Å². The van der Waals surface area contributed by atoms with Crippen molar-refractivity contribution in [3.63, 3.8) is 0 Å². The number of rotatable bonds is 7. The highest BCUT2D eigenvalue weighted by atomic mass is 32.2. The number of hydrogen-bond acceptors (Lipinski definition) is 6. The second kappa shape index (κ2) is 11.7. The number of benzene rings is 1. The number of pyridine rings is 1. The van der Waals surface area contributed by atoms with Gasteiger partial charge in [0.2, 0.25) is 0 Å². The Morgan fingerprint density at radius 1 is 1.15 bits per heavy atom. The van der Waals surface area contributed by atoms with Gasteiger partial charge in [0.05, 0.1) is 0 Å². The van der Waals surface area contributed by atoms with Crippen LogP contribution in [0.25, 0.3) is 0 Å². The lowest BCUT2D eigenvalue weighted by Gasteiger charge is -2.25. The highest BCUT2D eigenvalue weighted by Gasteiger charge is 2.21. The van der Waals surface area contributed by atoms with Crippen molar-refractivity contribution in [2.45, 2.75) is 25.9 Å². The lowest BCUT2D eigenvalue weighted by molar-refractivity contribution is 0.00819. The molecule has 27 heavy (non-hydrogen) atoms. The standard InChI is InChI=1S/C17H21N3O2S.CHF3/c1-23-20-10-14-6-4-13(5-7-14)9-18-11-15-12-21-16-3-2-8-19-17(16)22-15;2-1(3)4/h2-8,15,18,20H,9-12H2,1H3;1H. The normalized spacial score (nSPS) is 15.2. The lowest BCUT2D eigenvalue weighted by Crippen LogP contribution is -2.38. The van der Waals surface area contributed by atoms with E-state index in [2.05, 4.69) is 39.3 Å². The molecule has 0 radical (unpaired) electrons. The number of alkyl halides is 3. The summed E-state index contributed by atoms with van der Waals surface area (Å²) in [5.41, 5.74) is 2.54. The number of halogens is 3. The Kier molecular flexibility index (Phi) is 9.23. The van der Waals surface area contributed by atoms with Crippen molar-refractivity contribution in [3.05, 3.63) is 53.7 Å². The molecule has 2 N–H and O–H groups in total. The predicted molar refractivity (Wildman–Crippen MR) is 99.8 cm³/mol. The van der Waals surface area contributed by atoms with Crippen LogP contribution >= 0.6 is 11.9 Å². The van der Waals surface area contributed by atoms with Gasteiger partial charge in [0.15, 0.2) is 5.75 Å². The molecule has 0 spiro atoms. The van der Waals surface area contributed by atoms with Crippen LogP contribution in [0.3, 0.4) is 0 Å². The summed E-state index contributed by atoms with van der Waals surface area (Å²) in [5, 5.41) is 3.41. The lowest BCUT2D eigenvalue weighted by atomic mass is 10.1. The van der Waals surface area contributed by atoms with E-state index in [1.807, 2.05) is 18.4 Å². The van der Waals surface area contributed by atoms with Gasteiger partial charge in [-0.15, -0.1) is 0 Å². The maximum Gasteiger partial charge on any atom is 0.379 e. The molecule has 0 aliphatic carbocycles. The molecule has 2 heterocycles. The summed E-state index contributed by atoms with van der Waals surface area (Å²) in [6.45, 7) is -0.698. The summed E-state index contributed by atoms with van der Waals surface area (Å²) >= 11 is 1.63. The summed E-state index contributed by atoms with van der Waals surface area (Å²) in [7, 11) is 0. The highest BCUT2D eigenvalue weighted by molar-refractivity contribution is 7.96. The zero-order valence-corrected chi connectivity index (χ0v) is 15.6. The van der Waals surface area contributed by atoms with Crippen LogP contribution < -0.4 is 19.5 Å². The molecular weight excluding hydrogens is 379 g/mol. The zero-order chi connectivity index (χ0) is 19.5. The van der Waals surface area contributed by atoms with Gasteiger partial charge in [0, 0.05) is 25.8 Å². The van der Waals surface area contributed by atoms with Crippen LogP contribution in [0.2, 0.25) is 0 Å². The average molecular weight is 401 g/mol. The van der Waals surface area contributed by atoms with Crippen molar-refractivity contribution in [1.82, 2.24) is 15.0 Å².